The van der Waals surface area contributed by atoms with Crippen molar-refractivity contribution in [1.29, 1.82) is 0 Å². The van der Waals surface area contributed by atoms with Crippen LogP contribution in [0.15, 0.2) is 6.07 Å². The topological polar surface area (TPSA) is 118 Å². The van der Waals surface area contributed by atoms with Gasteiger partial charge in [0.1, 0.15) is 10.7 Å². The number of aromatic amines is 1. The smallest absolute Gasteiger partial charge is 0.355 e. The van der Waals surface area contributed by atoms with Crippen molar-refractivity contribution in [3.05, 3.63) is 39.0 Å². The lowest BCUT2D eigenvalue weighted by molar-refractivity contribution is -0.119. The van der Waals surface area contributed by atoms with E-state index >= 15 is 0 Å². The first-order chi connectivity index (χ1) is 13.7. The summed E-state index contributed by atoms with van der Waals surface area (Å²) in [5, 5.41) is 12.8. The minimum Gasteiger partial charge on any atom is -0.462 e. The van der Waals surface area contributed by atoms with Gasteiger partial charge in [0.2, 0.25) is 0 Å². The summed E-state index contributed by atoms with van der Waals surface area (Å²) in [5.74, 6) is -1.78. The fourth-order valence-corrected chi connectivity index (χ4v) is 4.03. The van der Waals surface area contributed by atoms with Crippen LogP contribution in [0.3, 0.4) is 0 Å². The third-order valence-corrected chi connectivity index (χ3v) is 5.53. The van der Waals surface area contributed by atoms with E-state index in [9.17, 15) is 19.5 Å². The summed E-state index contributed by atoms with van der Waals surface area (Å²) in [6.45, 7) is 8.42. The maximum atomic E-state index is 12.3. The first-order valence-electron chi connectivity index (χ1n) is 9.33. The summed E-state index contributed by atoms with van der Waals surface area (Å²) < 4.78 is 10.1. The molecule has 0 spiro atoms. The van der Waals surface area contributed by atoms with Crippen molar-refractivity contribution >= 4 is 34.2 Å². The molecule has 9 heteroatoms. The minimum atomic E-state index is -0.732. The molecule has 2 rings (SSSR count). The number of hydrogen-bond donors (Lipinski definition) is 3. The molecular formula is C20H26N2O6S. The predicted molar refractivity (Wildman–Crippen MR) is 109 cm³/mol. The van der Waals surface area contributed by atoms with E-state index in [0.717, 1.165) is 4.88 Å². The van der Waals surface area contributed by atoms with Gasteiger partial charge in [-0.1, -0.05) is 6.92 Å². The molecule has 0 saturated carbocycles. The molecule has 0 aliphatic rings. The van der Waals surface area contributed by atoms with Crippen LogP contribution in [0.5, 0.6) is 0 Å². The predicted octanol–water partition coefficient (Wildman–Crippen LogP) is 3.28. The second kappa shape index (κ2) is 9.71. The SMILES string of the molecule is CCOC(=O)c1cc(CC)sc1NC(=O)COC(=O)c1[nH]c(C)c([C@@H](C)O)c1C. The number of anilines is 1. The Kier molecular flexibility index (Phi) is 7.58. The molecule has 0 aliphatic carbocycles. The van der Waals surface area contributed by atoms with Crippen molar-refractivity contribution in [1.82, 2.24) is 4.98 Å². The second-order valence-electron chi connectivity index (χ2n) is 6.49. The van der Waals surface area contributed by atoms with Crippen LogP contribution < -0.4 is 5.32 Å². The standard InChI is InChI=1S/C20H26N2O6S/c1-6-13-8-14(19(25)27-7-2)18(29-13)22-15(24)9-28-20(26)17-10(3)16(12(5)23)11(4)21-17/h8,12,21,23H,6-7,9H2,1-5H3,(H,22,24)/t12-/m1/s1. The van der Waals surface area contributed by atoms with Crippen LogP contribution in [0, 0.1) is 13.8 Å². The number of aliphatic hydroxyl groups excluding tert-OH is 1. The lowest BCUT2D eigenvalue weighted by atomic mass is 10.1. The van der Waals surface area contributed by atoms with E-state index in [1.165, 1.54) is 11.3 Å². The fraction of sp³-hybridized carbons (Fsp3) is 0.450. The van der Waals surface area contributed by atoms with E-state index in [2.05, 4.69) is 10.3 Å². The highest BCUT2D eigenvalue weighted by molar-refractivity contribution is 7.16. The molecule has 0 unspecified atom stereocenters. The number of carbonyl (C=O) groups is 3. The van der Waals surface area contributed by atoms with E-state index in [4.69, 9.17) is 9.47 Å². The Bertz CT molecular complexity index is 912. The third kappa shape index (κ3) is 5.24. The summed E-state index contributed by atoms with van der Waals surface area (Å²) in [4.78, 5) is 40.5. The Labute approximate surface area is 173 Å². The zero-order valence-corrected chi connectivity index (χ0v) is 18.0. The molecular weight excluding hydrogens is 396 g/mol. The average molecular weight is 423 g/mol. The van der Waals surface area contributed by atoms with Gasteiger partial charge in [0.25, 0.3) is 5.91 Å². The number of aromatic nitrogens is 1. The van der Waals surface area contributed by atoms with Gasteiger partial charge in [-0.25, -0.2) is 9.59 Å². The van der Waals surface area contributed by atoms with E-state index < -0.39 is 30.6 Å². The highest BCUT2D eigenvalue weighted by Crippen LogP contribution is 2.29. The largest absolute Gasteiger partial charge is 0.462 e. The van der Waals surface area contributed by atoms with Crippen molar-refractivity contribution in [3.8, 4) is 0 Å². The summed E-state index contributed by atoms with van der Waals surface area (Å²) in [7, 11) is 0. The Hall–Kier alpha value is -2.65. The van der Waals surface area contributed by atoms with Crippen LogP contribution in [0.2, 0.25) is 0 Å². The van der Waals surface area contributed by atoms with Gasteiger partial charge in [0, 0.05) is 16.1 Å². The van der Waals surface area contributed by atoms with Crippen LogP contribution in [0.4, 0.5) is 5.00 Å². The number of rotatable bonds is 8. The lowest BCUT2D eigenvalue weighted by Gasteiger charge is -2.08. The highest BCUT2D eigenvalue weighted by Gasteiger charge is 2.23. The summed E-state index contributed by atoms with van der Waals surface area (Å²) in [6, 6.07) is 1.69. The molecule has 0 saturated heterocycles. The number of thiophene rings is 1. The zero-order valence-electron chi connectivity index (χ0n) is 17.2. The number of amides is 1. The molecule has 0 bridgehead atoms. The number of hydrogen-bond acceptors (Lipinski definition) is 7. The molecule has 1 amide bonds. The number of nitrogens with one attached hydrogen (secondary N) is 2. The molecule has 3 N–H and O–H groups in total. The van der Waals surface area contributed by atoms with Crippen LogP contribution in [-0.2, 0) is 20.7 Å². The fourth-order valence-electron chi connectivity index (χ4n) is 3.03. The molecule has 0 aliphatic heterocycles. The number of aryl methyl sites for hydroxylation is 2. The molecule has 29 heavy (non-hydrogen) atoms. The van der Waals surface area contributed by atoms with Crippen LogP contribution in [0.25, 0.3) is 0 Å². The van der Waals surface area contributed by atoms with Crippen molar-refractivity contribution in [2.75, 3.05) is 18.5 Å². The molecule has 0 aromatic carbocycles. The maximum Gasteiger partial charge on any atom is 0.355 e. The van der Waals surface area contributed by atoms with E-state index in [0.29, 0.717) is 28.2 Å². The Morgan fingerprint density at radius 3 is 2.45 bits per heavy atom. The number of carbonyl (C=O) groups excluding carboxylic acids is 3. The quantitative estimate of drug-likeness (QED) is 0.562. The summed E-state index contributed by atoms with van der Waals surface area (Å²) in [6.07, 6.45) is -0.0251. The number of esters is 2. The number of ether oxygens (including phenoxy) is 2. The molecule has 2 heterocycles. The van der Waals surface area contributed by atoms with Crippen molar-refractivity contribution in [2.45, 2.75) is 47.1 Å². The Balaban J connectivity index is 2.05. The van der Waals surface area contributed by atoms with Gasteiger partial charge in [-0.15, -0.1) is 11.3 Å². The van der Waals surface area contributed by atoms with Gasteiger partial charge >= 0.3 is 11.9 Å². The van der Waals surface area contributed by atoms with Crippen molar-refractivity contribution in [3.63, 3.8) is 0 Å². The number of aliphatic hydroxyl groups is 1. The molecule has 158 valence electrons. The van der Waals surface area contributed by atoms with Gasteiger partial charge in [0.05, 0.1) is 18.3 Å². The highest BCUT2D eigenvalue weighted by atomic mass is 32.1. The summed E-state index contributed by atoms with van der Waals surface area (Å²) in [5.41, 5.74) is 2.36. The van der Waals surface area contributed by atoms with E-state index in [1.807, 2.05) is 6.92 Å². The molecule has 2 aromatic heterocycles. The Morgan fingerprint density at radius 1 is 1.21 bits per heavy atom. The zero-order chi connectivity index (χ0) is 21.7. The molecule has 2 aromatic rings. The van der Waals surface area contributed by atoms with Gasteiger partial charge in [-0.3, -0.25) is 4.79 Å². The maximum absolute atomic E-state index is 12.3. The second-order valence-corrected chi connectivity index (χ2v) is 7.63. The average Bonchev–Trinajstić information content (AvgIpc) is 3.20. The monoisotopic (exact) mass is 422 g/mol. The first-order valence-corrected chi connectivity index (χ1v) is 10.1. The Morgan fingerprint density at radius 2 is 1.90 bits per heavy atom. The molecule has 0 radical (unpaired) electrons. The third-order valence-electron chi connectivity index (χ3n) is 4.33. The van der Waals surface area contributed by atoms with E-state index in [-0.39, 0.29) is 17.9 Å². The van der Waals surface area contributed by atoms with Gasteiger partial charge < -0.3 is 24.9 Å². The number of H-pyrrole nitrogens is 1. The van der Waals surface area contributed by atoms with Crippen LogP contribution in [0.1, 0.15) is 69.4 Å². The van der Waals surface area contributed by atoms with Gasteiger partial charge in [-0.05, 0) is 45.7 Å². The van der Waals surface area contributed by atoms with Gasteiger partial charge in [0.15, 0.2) is 6.61 Å². The first kappa shape index (κ1) is 22.6. The van der Waals surface area contributed by atoms with Crippen molar-refractivity contribution < 1.29 is 29.0 Å². The lowest BCUT2D eigenvalue weighted by Crippen LogP contribution is -2.22. The van der Waals surface area contributed by atoms with Crippen LogP contribution in [-0.4, -0.2) is 41.2 Å². The molecule has 1 atom stereocenters. The van der Waals surface area contributed by atoms with Crippen molar-refractivity contribution in [2.24, 2.45) is 0 Å². The normalized spacial score (nSPS) is 11.8. The summed E-state index contributed by atoms with van der Waals surface area (Å²) >= 11 is 1.28. The molecule has 8 nitrogen and oxygen atoms in total. The molecule has 0 fully saturated rings. The van der Waals surface area contributed by atoms with Crippen LogP contribution >= 0.6 is 11.3 Å². The van der Waals surface area contributed by atoms with Gasteiger partial charge in [-0.2, -0.15) is 0 Å². The van der Waals surface area contributed by atoms with E-state index in [1.54, 1.807) is 33.8 Å². The minimum absolute atomic E-state index is 0.197.